The molecule has 4 N–H and O–H groups in total. The Labute approximate surface area is 104 Å². The van der Waals surface area contributed by atoms with Crippen LogP contribution in [0, 0.1) is 5.41 Å². The van der Waals surface area contributed by atoms with Crippen LogP contribution in [0.3, 0.4) is 0 Å². The molecular weight excluding hydrogens is 236 g/mol. The van der Waals surface area contributed by atoms with Crippen LogP contribution >= 0.6 is 0 Å². The number of amides is 1. The van der Waals surface area contributed by atoms with E-state index in [-0.39, 0.29) is 12.5 Å². The Morgan fingerprint density at radius 2 is 2.33 bits per heavy atom. The highest BCUT2D eigenvalue weighted by molar-refractivity contribution is 5.84. The number of carboxylic acids is 1. The Balaban J connectivity index is 1.90. The Morgan fingerprint density at radius 3 is 2.78 bits per heavy atom. The van der Waals surface area contributed by atoms with E-state index in [0.717, 1.165) is 0 Å². The molecule has 1 amide bonds. The molecule has 1 atom stereocenters. The number of aliphatic carboxylic acids is 1. The highest BCUT2D eigenvalue weighted by atomic mass is 16.4. The topological polar surface area (TPSA) is 110 Å². The van der Waals surface area contributed by atoms with Crippen LogP contribution in [0.1, 0.15) is 24.4 Å². The zero-order valence-corrected chi connectivity index (χ0v) is 10.1. The second-order valence-electron chi connectivity index (χ2n) is 4.73. The van der Waals surface area contributed by atoms with Crippen molar-refractivity contribution in [2.75, 3.05) is 6.54 Å². The van der Waals surface area contributed by atoms with E-state index in [0.29, 0.717) is 18.4 Å². The quantitative estimate of drug-likeness (QED) is 0.648. The Morgan fingerprint density at radius 1 is 1.67 bits per heavy atom. The molecule has 0 bridgehead atoms. The number of carboxylic acid groups (broad SMARTS) is 1. The summed E-state index contributed by atoms with van der Waals surface area (Å²) < 4.78 is 1.56. The van der Waals surface area contributed by atoms with Crippen LogP contribution in [0.25, 0.3) is 0 Å². The summed E-state index contributed by atoms with van der Waals surface area (Å²) in [5, 5.41) is 15.5. The number of rotatable bonds is 5. The lowest BCUT2D eigenvalue weighted by atomic mass is 10.1. The van der Waals surface area contributed by atoms with Crippen molar-refractivity contribution in [3.8, 4) is 0 Å². The summed E-state index contributed by atoms with van der Waals surface area (Å²) in [6, 6.07) is -0.816. The van der Waals surface area contributed by atoms with E-state index in [1.807, 2.05) is 0 Å². The van der Waals surface area contributed by atoms with Crippen molar-refractivity contribution >= 4 is 11.9 Å². The average molecular weight is 252 g/mol. The van der Waals surface area contributed by atoms with Crippen LogP contribution in [0.15, 0.2) is 12.4 Å². The van der Waals surface area contributed by atoms with Gasteiger partial charge in [0.05, 0.1) is 11.6 Å². The van der Waals surface area contributed by atoms with E-state index in [1.54, 1.807) is 17.9 Å². The first-order chi connectivity index (χ1) is 8.44. The molecule has 1 heterocycles. The van der Waals surface area contributed by atoms with Crippen molar-refractivity contribution in [2.45, 2.75) is 18.9 Å². The molecule has 7 nitrogen and oxygen atoms in total. The van der Waals surface area contributed by atoms with Gasteiger partial charge in [0, 0.05) is 25.4 Å². The standard InChI is InChI=1S/C11H16N4O3/c1-15-5-7(4-14-15)8(12)9(16)13-6-11(2-3-11)10(17)18/h4-5,8H,2-3,6,12H2,1H3,(H,13,16)(H,17,18). The van der Waals surface area contributed by atoms with Crippen molar-refractivity contribution in [3.05, 3.63) is 18.0 Å². The van der Waals surface area contributed by atoms with Crippen LogP contribution < -0.4 is 11.1 Å². The fraction of sp³-hybridized carbons (Fsp3) is 0.545. The molecule has 18 heavy (non-hydrogen) atoms. The summed E-state index contributed by atoms with van der Waals surface area (Å²) in [4.78, 5) is 22.7. The summed E-state index contributed by atoms with van der Waals surface area (Å²) in [6.07, 6.45) is 4.39. The molecule has 2 rings (SSSR count). The molecule has 7 heteroatoms. The molecule has 0 radical (unpaired) electrons. The Hall–Kier alpha value is -1.89. The first-order valence-electron chi connectivity index (χ1n) is 5.70. The Kier molecular flexibility index (Phi) is 3.08. The number of nitrogens with one attached hydrogen (secondary N) is 1. The fourth-order valence-corrected chi connectivity index (χ4v) is 1.74. The first kappa shape index (κ1) is 12.6. The molecular formula is C11H16N4O3. The molecule has 1 aliphatic rings. The van der Waals surface area contributed by atoms with Crippen molar-refractivity contribution in [3.63, 3.8) is 0 Å². The van der Waals surface area contributed by atoms with Gasteiger partial charge < -0.3 is 16.2 Å². The van der Waals surface area contributed by atoms with Crippen LogP contribution in [0.4, 0.5) is 0 Å². The molecule has 1 aromatic heterocycles. The maximum absolute atomic E-state index is 11.8. The van der Waals surface area contributed by atoms with Crippen molar-refractivity contribution in [1.29, 1.82) is 0 Å². The maximum Gasteiger partial charge on any atom is 0.311 e. The summed E-state index contributed by atoms with van der Waals surface area (Å²) >= 11 is 0. The number of nitrogens with zero attached hydrogens (tertiary/aromatic N) is 2. The predicted octanol–water partition coefficient (Wildman–Crippen LogP) is -0.599. The number of aryl methyl sites for hydroxylation is 1. The van der Waals surface area contributed by atoms with Gasteiger partial charge in [0.1, 0.15) is 6.04 Å². The molecule has 0 spiro atoms. The lowest BCUT2D eigenvalue weighted by molar-refractivity contribution is -0.143. The summed E-state index contributed by atoms with van der Waals surface area (Å²) in [5.74, 6) is -1.24. The van der Waals surface area contributed by atoms with Crippen LogP contribution in [-0.2, 0) is 16.6 Å². The lowest BCUT2D eigenvalue weighted by Crippen LogP contribution is -2.39. The second kappa shape index (κ2) is 4.41. The highest BCUT2D eigenvalue weighted by Crippen LogP contribution is 2.45. The van der Waals surface area contributed by atoms with Gasteiger partial charge in [0.25, 0.3) is 0 Å². The third kappa shape index (κ3) is 2.35. The zero-order valence-electron chi connectivity index (χ0n) is 10.1. The molecule has 1 fully saturated rings. The van der Waals surface area contributed by atoms with E-state index in [2.05, 4.69) is 10.4 Å². The normalized spacial score (nSPS) is 18.1. The molecule has 1 aliphatic carbocycles. The van der Waals surface area contributed by atoms with E-state index in [1.165, 1.54) is 6.20 Å². The molecule has 0 aromatic carbocycles. The third-order valence-electron chi connectivity index (χ3n) is 3.27. The van der Waals surface area contributed by atoms with Crippen LogP contribution in [0.5, 0.6) is 0 Å². The third-order valence-corrected chi connectivity index (χ3v) is 3.27. The van der Waals surface area contributed by atoms with Gasteiger partial charge in [-0.2, -0.15) is 5.10 Å². The van der Waals surface area contributed by atoms with Crippen LogP contribution in [0.2, 0.25) is 0 Å². The number of nitrogens with two attached hydrogens (primary N) is 1. The minimum Gasteiger partial charge on any atom is -0.481 e. The minimum atomic E-state index is -0.863. The van der Waals surface area contributed by atoms with Gasteiger partial charge in [-0.1, -0.05) is 0 Å². The van der Waals surface area contributed by atoms with Crippen molar-refractivity contribution < 1.29 is 14.7 Å². The van der Waals surface area contributed by atoms with Gasteiger partial charge in [-0.15, -0.1) is 0 Å². The van der Waals surface area contributed by atoms with Gasteiger partial charge in [-0.3, -0.25) is 14.3 Å². The van der Waals surface area contributed by atoms with E-state index in [9.17, 15) is 9.59 Å². The number of carbonyl (C=O) groups is 2. The maximum atomic E-state index is 11.8. The largest absolute Gasteiger partial charge is 0.481 e. The molecule has 1 saturated carbocycles. The summed E-state index contributed by atoms with van der Waals surface area (Å²) in [6.45, 7) is 0.134. The van der Waals surface area contributed by atoms with E-state index >= 15 is 0 Å². The van der Waals surface area contributed by atoms with Gasteiger partial charge in [0.15, 0.2) is 0 Å². The summed E-state index contributed by atoms with van der Waals surface area (Å²) in [7, 11) is 1.73. The van der Waals surface area contributed by atoms with Crippen LogP contribution in [-0.4, -0.2) is 33.3 Å². The van der Waals surface area contributed by atoms with Crippen molar-refractivity contribution in [1.82, 2.24) is 15.1 Å². The predicted molar refractivity (Wildman–Crippen MR) is 62.4 cm³/mol. The number of carbonyl (C=O) groups excluding carboxylic acids is 1. The highest BCUT2D eigenvalue weighted by Gasteiger charge is 2.50. The lowest BCUT2D eigenvalue weighted by Gasteiger charge is -2.14. The van der Waals surface area contributed by atoms with Crippen molar-refractivity contribution in [2.24, 2.45) is 18.2 Å². The molecule has 0 saturated heterocycles. The zero-order chi connectivity index (χ0) is 13.3. The SMILES string of the molecule is Cn1cc(C(N)C(=O)NCC2(C(=O)O)CC2)cn1. The fourth-order valence-electron chi connectivity index (χ4n) is 1.74. The van der Waals surface area contributed by atoms with E-state index < -0.39 is 17.4 Å². The second-order valence-corrected chi connectivity index (χ2v) is 4.73. The van der Waals surface area contributed by atoms with Gasteiger partial charge in [-0.25, -0.2) is 0 Å². The smallest absolute Gasteiger partial charge is 0.311 e. The first-order valence-corrected chi connectivity index (χ1v) is 5.70. The molecule has 1 aromatic rings. The molecule has 1 unspecified atom stereocenters. The monoisotopic (exact) mass is 252 g/mol. The average Bonchev–Trinajstić information content (AvgIpc) is 3.01. The van der Waals surface area contributed by atoms with E-state index in [4.69, 9.17) is 10.8 Å². The number of hydrogen-bond acceptors (Lipinski definition) is 4. The van der Waals surface area contributed by atoms with Gasteiger partial charge in [-0.05, 0) is 12.8 Å². The number of hydrogen-bond donors (Lipinski definition) is 3. The molecule has 0 aliphatic heterocycles. The molecule has 98 valence electrons. The number of aromatic nitrogens is 2. The van der Waals surface area contributed by atoms with Gasteiger partial charge >= 0.3 is 5.97 Å². The van der Waals surface area contributed by atoms with Gasteiger partial charge in [0.2, 0.25) is 5.91 Å². The minimum absolute atomic E-state index is 0.134. The summed E-state index contributed by atoms with van der Waals surface area (Å²) in [5.41, 5.74) is 5.60. The Bertz CT molecular complexity index is 478.